The summed E-state index contributed by atoms with van der Waals surface area (Å²) in [6.07, 6.45) is 4.99. The summed E-state index contributed by atoms with van der Waals surface area (Å²) in [5.41, 5.74) is 2.30. The number of rotatable bonds is 8. The summed E-state index contributed by atoms with van der Waals surface area (Å²) in [5.74, 6) is 0. The summed E-state index contributed by atoms with van der Waals surface area (Å²) in [6, 6.07) is 2.18. The molecular formula is C14H26N4. The zero-order chi connectivity index (χ0) is 13.4. The van der Waals surface area contributed by atoms with Gasteiger partial charge in [0.05, 0.1) is 23.8 Å². The Balaban J connectivity index is 2.60. The van der Waals surface area contributed by atoms with E-state index in [4.69, 9.17) is 0 Å². The highest BCUT2D eigenvalue weighted by molar-refractivity contribution is 5.55. The standard InChI is InChI=1S/C14H26N4/c1-5-16-13-10-14(12-15-11-13)18(6-2)9-7-8-17(3)4/h10-12,16H,5-9H2,1-4H3. The van der Waals surface area contributed by atoms with E-state index in [0.29, 0.717) is 0 Å². The molecule has 0 aliphatic carbocycles. The Morgan fingerprint density at radius 1 is 1.17 bits per heavy atom. The fraction of sp³-hybridized carbons (Fsp3) is 0.643. The first-order valence-corrected chi connectivity index (χ1v) is 6.76. The molecule has 0 spiro atoms. The van der Waals surface area contributed by atoms with Crippen molar-refractivity contribution in [2.24, 2.45) is 0 Å². The van der Waals surface area contributed by atoms with Crippen molar-refractivity contribution in [2.75, 3.05) is 50.5 Å². The lowest BCUT2D eigenvalue weighted by molar-refractivity contribution is 0.400. The minimum atomic E-state index is 0.928. The molecule has 0 radical (unpaired) electrons. The van der Waals surface area contributed by atoms with Gasteiger partial charge in [-0.2, -0.15) is 0 Å². The molecule has 0 aliphatic heterocycles. The largest absolute Gasteiger partial charge is 0.384 e. The van der Waals surface area contributed by atoms with Crippen molar-refractivity contribution in [3.8, 4) is 0 Å². The summed E-state index contributed by atoms with van der Waals surface area (Å²) >= 11 is 0. The zero-order valence-corrected chi connectivity index (χ0v) is 12.1. The van der Waals surface area contributed by atoms with Gasteiger partial charge in [0.1, 0.15) is 0 Å². The molecule has 0 aromatic carbocycles. The zero-order valence-electron chi connectivity index (χ0n) is 12.1. The van der Waals surface area contributed by atoms with E-state index >= 15 is 0 Å². The van der Waals surface area contributed by atoms with Crippen LogP contribution < -0.4 is 10.2 Å². The maximum Gasteiger partial charge on any atom is 0.0573 e. The molecule has 1 heterocycles. The van der Waals surface area contributed by atoms with E-state index in [0.717, 1.165) is 31.9 Å². The summed E-state index contributed by atoms with van der Waals surface area (Å²) in [7, 11) is 4.23. The van der Waals surface area contributed by atoms with E-state index in [1.54, 1.807) is 0 Å². The second-order valence-electron chi connectivity index (χ2n) is 4.70. The minimum absolute atomic E-state index is 0.928. The lowest BCUT2D eigenvalue weighted by Gasteiger charge is -2.24. The second-order valence-corrected chi connectivity index (χ2v) is 4.70. The first-order chi connectivity index (χ1) is 8.67. The molecule has 1 aromatic heterocycles. The number of anilines is 2. The molecule has 1 aromatic rings. The Hall–Kier alpha value is -1.29. The third-order valence-corrected chi connectivity index (χ3v) is 2.88. The average molecular weight is 250 g/mol. The molecule has 0 bridgehead atoms. The molecule has 4 heteroatoms. The van der Waals surface area contributed by atoms with Gasteiger partial charge in [-0.25, -0.2) is 0 Å². The molecule has 0 unspecified atom stereocenters. The first-order valence-electron chi connectivity index (χ1n) is 6.76. The van der Waals surface area contributed by atoms with Crippen molar-refractivity contribution in [1.29, 1.82) is 0 Å². The van der Waals surface area contributed by atoms with Gasteiger partial charge in [0.2, 0.25) is 0 Å². The fourth-order valence-corrected chi connectivity index (χ4v) is 1.95. The molecule has 0 saturated heterocycles. The Morgan fingerprint density at radius 3 is 2.56 bits per heavy atom. The van der Waals surface area contributed by atoms with Crippen LogP contribution in [0.2, 0.25) is 0 Å². The van der Waals surface area contributed by atoms with Crippen LogP contribution in [0.4, 0.5) is 11.4 Å². The topological polar surface area (TPSA) is 31.4 Å². The van der Waals surface area contributed by atoms with Gasteiger partial charge in [-0.1, -0.05) is 0 Å². The maximum absolute atomic E-state index is 4.30. The molecule has 1 N–H and O–H groups in total. The van der Waals surface area contributed by atoms with Crippen LogP contribution in [-0.4, -0.2) is 50.2 Å². The van der Waals surface area contributed by atoms with Crippen molar-refractivity contribution < 1.29 is 0 Å². The van der Waals surface area contributed by atoms with E-state index in [-0.39, 0.29) is 0 Å². The summed E-state index contributed by atoms with van der Waals surface area (Å²) in [5, 5.41) is 3.30. The molecule has 1 rings (SSSR count). The molecule has 102 valence electrons. The lowest BCUT2D eigenvalue weighted by atomic mass is 10.3. The number of pyridine rings is 1. The van der Waals surface area contributed by atoms with E-state index in [2.05, 4.69) is 54.1 Å². The second kappa shape index (κ2) is 7.93. The predicted molar refractivity (Wildman–Crippen MR) is 79.5 cm³/mol. The first kappa shape index (κ1) is 14.8. The van der Waals surface area contributed by atoms with E-state index < -0.39 is 0 Å². The highest BCUT2D eigenvalue weighted by Crippen LogP contribution is 2.17. The quantitative estimate of drug-likeness (QED) is 0.767. The van der Waals surface area contributed by atoms with Gasteiger partial charge in [0, 0.05) is 19.6 Å². The molecule has 4 nitrogen and oxygen atoms in total. The van der Waals surface area contributed by atoms with E-state index in [1.165, 1.54) is 12.1 Å². The van der Waals surface area contributed by atoms with Gasteiger partial charge in [-0.15, -0.1) is 0 Å². The molecule has 0 saturated carbocycles. The Morgan fingerprint density at radius 2 is 1.94 bits per heavy atom. The molecular weight excluding hydrogens is 224 g/mol. The number of hydrogen-bond donors (Lipinski definition) is 1. The van der Waals surface area contributed by atoms with Crippen LogP contribution in [-0.2, 0) is 0 Å². The lowest BCUT2D eigenvalue weighted by Crippen LogP contribution is -2.27. The van der Waals surface area contributed by atoms with E-state index in [1.807, 2.05) is 12.4 Å². The SMILES string of the molecule is CCNc1cncc(N(CC)CCCN(C)C)c1. The highest BCUT2D eigenvalue weighted by Gasteiger charge is 2.05. The van der Waals surface area contributed by atoms with Crippen molar-refractivity contribution in [2.45, 2.75) is 20.3 Å². The summed E-state index contributed by atoms with van der Waals surface area (Å²) < 4.78 is 0. The van der Waals surface area contributed by atoms with Crippen molar-refractivity contribution >= 4 is 11.4 Å². The predicted octanol–water partition coefficient (Wildman–Crippen LogP) is 2.29. The third-order valence-electron chi connectivity index (χ3n) is 2.88. The monoisotopic (exact) mass is 250 g/mol. The van der Waals surface area contributed by atoms with Crippen LogP contribution in [0.25, 0.3) is 0 Å². The average Bonchev–Trinajstić information content (AvgIpc) is 2.35. The van der Waals surface area contributed by atoms with Gasteiger partial charge in [-0.3, -0.25) is 4.98 Å². The number of hydrogen-bond acceptors (Lipinski definition) is 4. The van der Waals surface area contributed by atoms with Crippen LogP contribution in [0, 0.1) is 0 Å². The van der Waals surface area contributed by atoms with Crippen molar-refractivity contribution in [1.82, 2.24) is 9.88 Å². The third kappa shape index (κ3) is 4.92. The van der Waals surface area contributed by atoms with Gasteiger partial charge in [0.15, 0.2) is 0 Å². The van der Waals surface area contributed by atoms with Crippen LogP contribution in [0.3, 0.4) is 0 Å². The molecule has 18 heavy (non-hydrogen) atoms. The summed E-state index contributed by atoms with van der Waals surface area (Å²) in [6.45, 7) is 8.43. The molecule has 0 atom stereocenters. The van der Waals surface area contributed by atoms with Crippen molar-refractivity contribution in [3.63, 3.8) is 0 Å². The summed E-state index contributed by atoms with van der Waals surface area (Å²) in [4.78, 5) is 8.90. The molecule has 0 fully saturated rings. The van der Waals surface area contributed by atoms with E-state index in [9.17, 15) is 0 Å². The van der Waals surface area contributed by atoms with Gasteiger partial charge < -0.3 is 15.1 Å². The fourth-order valence-electron chi connectivity index (χ4n) is 1.95. The number of aromatic nitrogens is 1. The molecule has 0 aliphatic rings. The number of nitrogens with one attached hydrogen (secondary N) is 1. The Labute approximate surface area is 111 Å². The Kier molecular flexibility index (Phi) is 6.50. The van der Waals surface area contributed by atoms with Crippen LogP contribution in [0.15, 0.2) is 18.5 Å². The smallest absolute Gasteiger partial charge is 0.0573 e. The van der Waals surface area contributed by atoms with Gasteiger partial charge in [-0.05, 0) is 47.0 Å². The van der Waals surface area contributed by atoms with Crippen LogP contribution in [0.5, 0.6) is 0 Å². The minimum Gasteiger partial charge on any atom is -0.384 e. The maximum atomic E-state index is 4.30. The normalized spacial score (nSPS) is 10.7. The van der Waals surface area contributed by atoms with Crippen LogP contribution >= 0.6 is 0 Å². The highest BCUT2D eigenvalue weighted by atomic mass is 15.1. The van der Waals surface area contributed by atoms with Crippen LogP contribution in [0.1, 0.15) is 20.3 Å². The van der Waals surface area contributed by atoms with Gasteiger partial charge >= 0.3 is 0 Å². The van der Waals surface area contributed by atoms with Crippen molar-refractivity contribution in [3.05, 3.63) is 18.5 Å². The Bertz CT molecular complexity index is 338. The molecule has 0 amide bonds. The number of nitrogens with zero attached hydrogens (tertiary/aromatic N) is 3. The van der Waals surface area contributed by atoms with Gasteiger partial charge in [0.25, 0.3) is 0 Å².